The Hall–Kier alpha value is -4.74. The number of hydrogen-bond donors (Lipinski definition) is 2. The number of nitrogens with zero attached hydrogens (tertiary/aromatic N) is 4. The molecule has 0 aliphatic carbocycles. The monoisotopic (exact) mass is 574 g/mol. The maximum absolute atomic E-state index is 13.9. The molecule has 0 bridgehead atoms. The molecule has 0 spiro atoms. The molecule has 3 aliphatic rings. The summed E-state index contributed by atoms with van der Waals surface area (Å²) < 4.78 is 24.4. The molecule has 4 heterocycles. The molecular formula is C30H31FN6O5. The van der Waals surface area contributed by atoms with Crippen molar-refractivity contribution >= 4 is 29.9 Å². The first-order valence-corrected chi connectivity index (χ1v) is 13.9. The molecule has 3 aliphatic heterocycles. The number of Topliss-reactive ketones (excluding diaryl/α,β-unsaturated/α-hetero) is 1. The van der Waals surface area contributed by atoms with Gasteiger partial charge in [0.1, 0.15) is 24.0 Å². The van der Waals surface area contributed by atoms with Gasteiger partial charge in [0.05, 0.1) is 38.1 Å². The number of ketones is 1. The highest BCUT2D eigenvalue weighted by Gasteiger charge is 2.35. The van der Waals surface area contributed by atoms with Gasteiger partial charge in [-0.25, -0.2) is 14.0 Å². The van der Waals surface area contributed by atoms with E-state index in [1.54, 1.807) is 21.9 Å². The Bertz CT molecular complexity index is 1670. The van der Waals surface area contributed by atoms with Crippen molar-refractivity contribution in [2.75, 3.05) is 38.7 Å². The highest BCUT2D eigenvalue weighted by molar-refractivity contribution is 5.84. The van der Waals surface area contributed by atoms with Crippen LogP contribution in [0.4, 0.5) is 19.9 Å². The molecular weight excluding hydrogens is 543 g/mol. The molecule has 42 heavy (non-hydrogen) atoms. The average Bonchev–Trinajstić information content (AvgIpc) is 3.25. The van der Waals surface area contributed by atoms with E-state index in [1.165, 1.54) is 19.2 Å². The van der Waals surface area contributed by atoms with Crippen LogP contribution in [0.15, 0.2) is 41.4 Å². The minimum Gasteiger partial charge on any atom is -0.491 e. The second-order valence-corrected chi connectivity index (χ2v) is 10.7. The number of nitrogens with one attached hydrogen (secondary N) is 2. The fourth-order valence-corrected chi connectivity index (χ4v) is 5.80. The van der Waals surface area contributed by atoms with Gasteiger partial charge in [-0.1, -0.05) is 18.2 Å². The van der Waals surface area contributed by atoms with E-state index in [1.807, 2.05) is 13.0 Å². The van der Waals surface area contributed by atoms with E-state index in [0.29, 0.717) is 50.0 Å². The molecule has 2 unspecified atom stereocenters. The zero-order valence-corrected chi connectivity index (χ0v) is 23.4. The number of carbonyl (C=O) groups is 3. The molecule has 2 aromatic carbocycles. The number of rotatable bonds is 3. The van der Waals surface area contributed by atoms with Crippen LogP contribution in [0.1, 0.15) is 47.1 Å². The third-order valence-corrected chi connectivity index (χ3v) is 7.89. The van der Waals surface area contributed by atoms with E-state index >= 15 is 0 Å². The van der Waals surface area contributed by atoms with Crippen LogP contribution in [0.25, 0.3) is 6.08 Å². The number of aromatic amines is 1. The highest BCUT2D eigenvalue weighted by atomic mass is 19.1. The molecule has 12 heteroatoms. The molecule has 3 amide bonds. The number of aryl methyl sites for hydroxylation is 1. The number of halogens is 1. The summed E-state index contributed by atoms with van der Waals surface area (Å²) in [4.78, 5) is 53.3. The van der Waals surface area contributed by atoms with Crippen LogP contribution in [0.3, 0.4) is 0 Å². The SMILES string of the molecule is COC(=O)Nc1nc2c([nH]1)=CC(c1cc(C)c3c(c1)CN(C(=O)N1CCC(=O)CC1c1ccc(F)cc1)CCO3)CN=2. The molecule has 3 aromatic rings. The number of urea groups is 1. The van der Waals surface area contributed by atoms with Crippen molar-refractivity contribution in [1.82, 2.24) is 19.8 Å². The zero-order valence-electron chi connectivity index (χ0n) is 23.4. The number of hydrogen-bond acceptors (Lipinski definition) is 7. The van der Waals surface area contributed by atoms with Gasteiger partial charge in [-0.15, -0.1) is 0 Å². The third-order valence-electron chi connectivity index (χ3n) is 7.89. The second-order valence-electron chi connectivity index (χ2n) is 10.7. The second kappa shape index (κ2) is 11.3. The number of fused-ring (bicyclic) bond motifs is 2. The molecule has 0 radical (unpaired) electrons. The molecule has 6 rings (SSSR count). The van der Waals surface area contributed by atoms with Crippen molar-refractivity contribution in [1.29, 1.82) is 0 Å². The van der Waals surface area contributed by atoms with Gasteiger partial charge in [-0.05, 0) is 47.9 Å². The van der Waals surface area contributed by atoms with E-state index in [9.17, 15) is 18.8 Å². The molecule has 218 valence electrons. The number of piperidine rings is 1. The molecule has 1 aromatic heterocycles. The van der Waals surface area contributed by atoms with Crippen molar-refractivity contribution in [2.24, 2.45) is 4.99 Å². The van der Waals surface area contributed by atoms with Gasteiger partial charge >= 0.3 is 12.1 Å². The third kappa shape index (κ3) is 5.44. The lowest BCUT2D eigenvalue weighted by molar-refractivity contribution is -0.122. The minimum absolute atomic E-state index is 0.0590. The van der Waals surface area contributed by atoms with Crippen LogP contribution in [0.2, 0.25) is 0 Å². The van der Waals surface area contributed by atoms with Crippen LogP contribution in [0, 0.1) is 12.7 Å². The summed E-state index contributed by atoms with van der Waals surface area (Å²) in [5.74, 6) is 0.678. The van der Waals surface area contributed by atoms with Gasteiger partial charge in [0.15, 0.2) is 5.49 Å². The smallest absolute Gasteiger partial charge is 0.413 e. The Morgan fingerprint density at radius 1 is 1.17 bits per heavy atom. The summed E-state index contributed by atoms with van der Waals surface area (Å²) in [6.07, 6.45) is 1.89. The number of amides is 3. The van der Waals surface area contributed by atoms with E-state index in [4.69, 9.17) is 4.74 Å². The molecule has 1 saturated heterocycles. The first-order chi connectivity index (χ1) is 20.3. The standard InChI is InChI=1S/C30H31FN6O5/c1-17-11-19(20-13-24-27(32-15-20)34-28(33-24)35-29(39)41-2)12-21-16-36(9-10-42-26(17)21)30(40)37-8-7-23(38)14-25(37)18-3-5-22(31)6-4-18/h3-6,11-13,20,25H,7-10,14-16H2,1-2H3,(H2,32,33,34,35,39). The van der Waals surface area contributed by atoms with Gasteiger partial charge in [-0.2, -0.15) is 4.98 Å². The van der Waals surface area contributed by atoms with Gasteiger partial charge in [0, 0.05) is 30.9 Å². The Morgan fingerprint density at radius 2 is 1.98 bits per heavy atom. The summed E-state index contributed by atoms with van der Waals surface area (Å²) in [6, 6.07) is 9.49. The average molecular weight is 575 g/mol. The van der Waals surface area contributed by atoms with Crippen molar-refractivity contribution in [3.05, 3.63) is 75.3 Å². The van der Waals surface area contributed by atoms with Crippen molar-refractivity contribution in [3.8, 4) is 5.75 Å². The van der Waals surface area contributed by atoms with Crippen molar-refractivity contribution in [3.63, 3.8) is 0 Å². The first-order valence-electron chi connectivity index (χ1n) is 13.9. The maximum Gasteiger partial charge on any atom is 0.413 e. The Labute approximate surface area is 241 Å². The number of H-pyrrole nitrogens is 1. The van der Waals surface area contributed by atoms with Crippen molar-refractivity contribution in [2.45, 2.75) is 38.3 Å². The summed E-state index contributed by atoms with van der Waals surface area (Å²) >= 11 is 0. The normalized spacial score (nSPS) is 19.8. The fraction of sp³-hybridized carbons (Fsp3) is 0.367. The van der Waals surface area contributed by atoms with Crippen LogP contribution < -0.4 is 20.9 Å². The minimum atomic E-state index is -0.627. The van der Waals surface area contributed by atoms with E-state index < -0.39 is 12.1 Å². The summed E-state index contributed by atoms with van der Waals surface area (Å²) in [7, 11) is 1.28. The lowest BCUT2D eigenvalue weighted by atomic mass is 9.93. The number of carbonyl (C=O) groups excluding carboxylic acids is 3. The largest absolute Gasteiger partial charge is 0.491 e. The van der Waals surface area contributed by atoms with Crippen LogP contribution in [-0.2, 0) is 16.1 Å². The Morgan fingerprint density at radius 3 is 2.76 bits per heavy atom. The molecule has 2 N–H and O–H groups in total. The number of imidazole rings is 1. The number of aromatic nitrogens is 2. The number of benzene rings is 2. The van der Waals surface area contributed by atoms with Crippen molar-refractivity contribution < 1.29 is 28.2 Å². The van der Waals surface area contributed by atoms with E-state index in [0.717, 1.165) is 28.0 Å². The molecule has 2 atom stereocenters. The van der Waals surface area contributed by atoms with E-state index in [2.05, 4.69) is 37.1 Å². The quantitative estimate of drug-likeness (QED) is 0.495. The molecule has 0 saturated carbocycles. The van der Waals surface area contributed by atoms with Crippen LogP contribution in [-0.4, -0.2) is 71.0 Å². The van der Waals surface area contributed by atoms with Gasteiger partial charge in [0.2, 0.25) is 5.95 Å². The number of likely N-dealkylation sites (tertiary alicyclic amines) is 1. The summed E-state index contributed by atoms with van der Waals surface area (Å²) in [5, 5.41) is 3.22. The van der Waals surface area contributed by atoms with E-state index in [-0.39, 0.29) is 35.9 Å². The topological polar surface area (TPSA) is 129 Å². The molecule has 11 nitrogen and oxygen atoms in total. The van der Waals surface area contributed by atoms with Gasteiger partial charge < -0.3 is 24.3 Å². The first kappa shape index (κ1) is 27.4. The Kier molecular flexibility index (Phi) is 7.36. The highest BCUT2D eigenvalue weighted by Crippen LogP contribution is 2.35. The predicted octanol–water partition coefficient (Wildman–Crippen LogP) is 2.95. The number of methoxy groups -OCH3 is 1. The lowest BCUT2D eigenvalue weighted by Crippen LogP contribution is -2.48. The fourth-order valence-electron chi connectivity index (χ4n) is 5.80. The van der Waals surface area contributed by atoms with Gasteiger partial charge in [0.25, 0.3) is 0 Å². The summed E-state index contributed by atoms with van der Waals surface area (Å²) in [5.41, 5.74) is 4.12. The summed E-state index contributed by atoms with van der Waals surface area (Å²) in [6.45, 7) is 3.84. The Balaban J connectivity index is 1.26. The van der Waals surface area contributed by atoms with Crippen LogP contribution in [0.5, 0.6) is 5.75 Å². The van der Waals surface area contributed by atoms with Gasteiger partial charge in [-0.3, -0.25) is 15.1 Å². The number of ether oxygens (including phenoxy) is 2. The number of anilines is 1. The maximum atomic E-state index is 13.9. The zero-order chi connectivity index (χ0) is 29.4. The lowest BCUT2D eigenvalue weighted by Gasteiger charge is -2.38. The predicted molar refractivity (Wildman–Crippen MR) is 150 cm³/mol. The van der Waals surface area contributed by atoms with Crippen LogP contribution >= 0.6 is 0 Å². The molecule has 1 fully saturated rings.